The van der Waals surface area contributed by atoms with E-state index in [1.54, 1.807) is 6.08 Å². The number of rotatable bonds is 7. The van der Waals surface area contributed by atoms with Crippen molar-refractivity contribution in [2.45, 2.75) is 47.0 Å². The monoisotopic (exact) mass is 222 g/mol. The maximum Gasteiger partial charge on any atom is 0.0615 e. The Morgan fingerprint density at radius 1 is 1.12 bits per heavy atom. The molecule has 1 heteroatoms. The molecule has 0 heterocycles. The SMILES string of the molecule is CC(C)=C(C)CCC(C)C/C=C/C=C/CO. The lowest BCUT2D eigenvalue weighted by Crippen LogP contribution is -1.93. The largest absolute Gasteiger partial charge is 0.392 e. The van der Waals surface area contributed by atoms with E-state index in [2.05, 4.69) is 33.8 Å². The second-order valence-corrected chi connectivity index (χ2v) is 4.70. The number of allylic oxidation sites excluding steroid dienone is 5. The molecule has 0 aliphatic rings. The van der Waals surface area contributed by atoms with Gasteiger partial charge in [-0.3, -0.25) is 0 Å². The van der Waals surface area contributed by atoms with E-state index in [9.17, 15) is 0 Å². The van der Waals surface area contributed by atoms with Crippen LogP contribution >= 0.6 is 0 Å². The Morgan fingerprint density at radius 2 is 1.75 bits per heavy atom. The summed E-state index contributed by atoms with van der Waals surface area (Å²) < 4.78 is 0. The van der Waals surface area contributed by atoms with Gasteiger partial charge >= 0.3 is 0 Å². The first-order valence-corrected chi connectivity index (χ1v) is 6.13. The average molecular weight is 222 g/mol. The van der Waals surface area contributed by atoms with Crippen molar-refractivity contribution in [3.8, 4) is 0 Å². The molecule has 0 aliphatic carbocycles. The molecule has 0 aliphatic heterocycles. The summed E-state index contributed by atoms with van der Waals surface area (Å²) in [5.74, 6) is 0.730. The Morgan fingerprint density at radius 3 is 2.31 bits per heavy atom. The summed E-state index contributed by atoms with van der Waals surface area (Å²) in [6.45, 7) is 9.00. The fraction of sp³-hybridized carbons (Fsp3) is 0.600. The van der Waals surface area contributed by atoms with Crippen LogP contribution in [0.1, 0.15) is 47.0 Å². The number of hydrogen-bond acceptors (Lipinski definition) is 1. The Kier molecular flexibility index (Phi) is 8.93. The van der Waals surface area contributed by atoms with Crippen LogP contribution in [-0.4, -0.2) is 11.7 Å². The van der Waals surface area contributed by atoms with E-state index in [-0.39, 0.29) is 6.61 Å². The molecule has 0 aromatic rings. The molecule has 0 spiro atoms. The Labute approximate surface area is 101 Å². The third-order valence-corrected chi connectivity index (χ3v) is 2.89. The van der Waals surface area contributed by atoms with Crippen LogP contribution in [0.4, 0.5) is 0 Å². The van der Waals surface area contributed by atoms with Gasteiger partial charge in [-0.1, -0.05) is 42.4 Å². The minimum atomic E-state index is 0.125. The maximum absolute atomic E-state index is 8.55. The van der Waals surface area contributed by atoms with Crippen LogP contribution in [-0.2, 0) is 0 Å². The molecular weight excluding hydrogens is 196 g/mol. The van der Waals surface area contributed by atoms with Crippen molar-refractivity contribution in [2.75, 3.05) is 6.61 Å². The van der Waals surface area contributed by atoms with E-state index in [0.717, 1.165) is 12.3 Å². The molecule has 1 N–H and O–H groups in total. The zero-order valence-electron chi connectivity index (χ0n) is 11.2. The molecule has 0 aromatic heterocycles. The molecule has 0 aromatic carbocycles. The highest BCUT2D eigenvalue weighted by atomic mass is 16.2. The van der Waals surface area contributed by atoms with Crippen molar-refractivity contribution in [1.82, 2.24) is 0 Å². The molecule has 0 saturated carbocycles. The van der Waals surface area contributed by atoms with Crippen LogP contribution in [0.5, 0.6) is 0 Å². The quantitative estimate of drug-likeness (QED) is 0.504. The molecule has 0 fully saturated rings. The van der Waals surface area contributed by atoms with Gasteiger partial charge in [0.25, 0.3) is 0 Å². The van der Waals surface area contributed by atoms with Crippen molar-refractivity contribution in [1.29, 1.82) is 0 Å². The second-order valence-electron chi connectivity index (χ2n) is 4.70. The van der Waals surface area contributed by atoms with Gasteiger partial charge in [0.2, 0.25) is 0 Å². The molecule has 0 radical (unpaired) electrons. The van der Waals surface area contributed by atoms with Crippen molar-refractivity contribution in [2.24, 2.45) is 5.92 Å². The fourth-order valence-electron chi connectivity index (χ4n) is 1.36. The van der Waals surface area contributed by atoms with Crippen LogP contribution in [0, 0.1) is 5.92 Å². The minimum absolute atomic E-state index is 0.125. The minimum Gasteiger partial charge on any atom is -0.392 e. The molecular formula is C15H26O. The second kappa shape index (κ2) is 9.41. The normalized spacial score (nSPS) is 13.6. The fourth-order valence-corrected chi connectivity index (χ4v) is 1.36. The lowest BCUT2D eigenvalue weighted by atomic mass is 9.97. The summed E-state index contributed by atoms with van der Waals surface area (Å²) in [6, 6.07) is 0. The molecule has 0 saturated heterocycles. The summed E-state index contributed by atoms with van der Waals surface area (Å²) in [4.78, 5) is 0. The summed E-state index contributed by atoms with van der Waals surface area (Å²) >= 11 is 0. The predicted octanol–water partition coefficient (Wildman–Crippen LogP) is 4.25. The zero-order chi connectivity index (χ0) is 12.4. The van der Waals surface area contributed by atoms with Gasteiger partial charge in [-0.05, 0) is 46.0 Å². The first-order valence-electron chi connectivity index (χ1n) is 6.13. The van der Waals surface area contributed by atoms with E-state index in [1.807, 2.05) is 12.2 Å². The predicted molar refractivity (Wildman–Crippen MR) is 72.4 cm³/mol. The highest BCUT2D eigenvalue weighted by Crippen LogP contribution is 2.17. The van der Waals surface area contributed by atoms with Gasteiger partial charge < -0.3 is 5.11 Å². The number of hydrogen-bond donors (Lipinski definition) is 1. The molecule has 0 amide bonds. The van der Waals surface area contributed by atoms with Crippen molar-refractivity contribution in [3.63, 3.8) is 0 Å². The van der Waals surface area contributed by atoms with E-state index < -0.39 is 0 Å². The molecule has 1 nitrogen and oxygen atoms in total. The summed E-state index contributed by atoms with van der Waals surface area (Å²) in [6.07, 6.45) is 11.4. The third kappa shape index (κ3) is 8.49. The molecule has 1 unspecified atom stereocenters. The van der Waals surface area contributed by atoms with Gasteiger partial charge in [0, 0.05) is 0 Å². The van der Waals surface area contributed by atoms with Gasteiger partial charge in [-0.15, -0.1) is 0 Å². The van der Waals surface area contributed by atoms with Gasteiger partial charge in [-0.25, -0.2) is 0 Å². The van der Waals surface area contributed by atoms with Crippen LogP contribution < -0.4 is 0 Å². The van der Waals surface area contributed by atoms with E-state index in [0.29, 0.717) is 0 Å². The van der Waals surface area contributed by atoms with Crippen LogP contribution in [0.3, 0.4) is 0 Å². The first-order chi connectivity index (χ1) is 7.57. The number of aliphatic hydroxyl groups excluding tert-OH is 1. The highest BCUT2D eigenvalue weighted by molar-refractivity contribution is 5.06. The van der Waals surface area contributed by atoms with Gasteiger partial charge in [-0.2, -0.15) is 0 Å². The molecule has 1 atom stereocenters. The lowest BCUT2D eigenvalue weighted by Gasteiger charge is -2.09. The van der Waals surface area contributed by atoms with Crippen LogP contribution in [0.15, 0.2) is 35.5 Å². The lowest BCUT2D eigenvalue weighted by molar-refractivity contribution is 0.343. The van der Waals surface area contributed by atoms with Crippen molar-refractivity contribution < 1.29 is 5.11 Å². The molecule has 92 valence electrons. The Hall–Kier alpha value is -0.820. The summed E-state index contributed by atoms with van der Waals surface area (Å²) in [7, 11) is 0. The van der Waals surface area contributed by atoms with Crippen molar-refractivity contribution >= 4 is 0 Å². The van der Waals surface area contributed by atoms with Gasteiger partial charge in [0.05, 0.1) is 6.61 Å². The maximum atomic E-state index is 8.55. The Balaban J connectivity index is 3.75. The van der Waals surface area contributed by atoms with Crippen LogP contribution in [0.25, 0.3) is 0 Å². The van der Waals surface area contributed by atoms with Crippen LogP contribution in [0.2, 0.25) is 0 Å². The van der Waals surface area contributed by atoms with E-state index in [4.69, 9.17) is 5.11 Å². The third-order valence-electron chi connectivity index (χ3n) is 2.89. The van der Waals surface area contributed by atoms with Gasteiger partial charge in [0.15, 0.2) is 0 Å². The molecule has 0 bridgehead atoms. The summed E-state index contributed by atoms with van der Waals surface area (Å²) in [5, 5.41) is 8.55. The average Bonchev–Trinajstić information content (AvgIpc) is 2.25. The van der Waals surface area contributed by atoms with E-state index >= 15 is 0 Å². The molecule has 0 rings (SSSR count). The topological polar surface area (TPSA) is 20.2 Å². The standard InChI is InChI=1S/C15H26O/c1-13(2)15(4)11-10-14(3)9-7-5-6-8-12-16/h5-8,14,16H,9-12H2,1-4H3/b7-5+,8-6+. The van der Waals surface area contributed by atoms with Gasteiger partial charge in [0.1, 0.15) is 0 Å². The van der Waals surface area contributed by atoms with E-state index in [1.165, 1.54) is 24.0 Å². The van der Waals surface area contributed by atoms with Crippen molar-refractivity contribution in [3.05, 3.63) is 35.5 Å². The zero-order valence-corrected chi connectivity index (χ0v) is 11.2. The number of aliphatic hydroxyl groups is 1. The summed E-state index contributed by atoms with van der Waals surface area (Å²) in [5.41, 5.74) is 2.98. The first kappa shape index (κ1) is 15.2. The Bertz CT molecular complexity index is 255. The highest BCUT2D eigenvalue weighted by Gasteiger charge is 2.00. The molecule has 16 heavy (non-hydrogen) atoms. The smallest absolute Gasteiger partial charge is 0.0615 e.